The van der Waals surface area contributed by atoms with E-state index >= 15 is 0 Å². The molecule has 6 nitrogen and oxygen atoms in total. The zero-order valence-electron chi connectivity index (χ0n) is 17.5. The van der Waals surface area contributed by atoms with Crippen molar-refractivity contribution < 1.29 is 14.0 Å². The molecule has 2 aliphatic rings. The molecular weight excluding hydrogens is 383 g/mol. The molecule has 2 atom stereocenters. The van der Waals surface area contributed by atoms with Gasteiger partial charge in [-0.25, -0.2) is 4.39 Å². The third-order valence-corrected chi connectivity index (χ3v) is 6.25. The fourth-order valence-electron chi connectivity index (χ4n) is 4.27. The maximum Gasteiger partial charge on any atom is 0.256 e. The molecule has 0 radical (unpaired) electrons. The summed E-state index contributed by atoms with van der Waals surface area (Å²) in [7, 11) is 1.77. The van der Waals surface area contributed by atoms with E-state index in [1.807, 2.05) is 13.0 Å². The number of benzene rings is 1. The Morgan fingerprint density at radius 3 is 2.97 bits per heavy atom. The van der Waals surface area contributed by atoms with Gasteiger partial charge in [0, 0.05) is 29.2 Å². The van der Waals surface area contributed by atoms with E-state index in [0.717, 1.165) is 36.2 Å². The van der Waals surface area contributed by atoms with E-state index in [4.69, 9.17) is 0 Å². The SMILES string of the molecule is CN[C@@H](C)C(=O)NC[C@H]1CCc2c([nH]c(C=C3C(=O)Nc4ccc(F)cc43)c2C)C1. The van der Waals surface area contributed by atoms with E-state index in [2.05, 4.69) is 27.9 Å². The summed E-state index contributed by atoms with van der Waals surface area (Å²) in [4.78, 5) is 27.9. The minimum Gasteiger partial charge on any atom is -0.358 e. The lowest BCUT2D eigenvalue weighted by atomic mass is 9.86. The van der Waals surface area contributed by atoms with Gasteiger partial charge < -0.3 is 20.9 Å². The second-order valence-electron chi connectivity index (χ2n) is 8.19. The molecule has 0 saturated heterocycles. The first kappa shape index (κ1) is 20.3. The monoisotopic (exact) mass is 410 g/mol. The lowest BCUT2D eigenvalue weighted by molar-refractivity contribution is -0.122. The van der Waals surface area contributed by atoms with Gasteiger partial charge in [0.05, 0.1) is 11.6 Å². The Morgan fingerprint density at radius 1 is 1.40 bits per heavy atom. The molecular formula is C23H27FN4O2. The Hall–Kier alpha value is -2.93. The fraction of sp³-hybridized carbons (Fsp3) is 0.391. The summed E-state index contributed by atoms with van der Waals surface area (Å²) < 4.78 is 13.7. The van der Waals surface area contributed by atoms with Gasteiger partial charge in [0.25, 0.3) is 5.91 Å². The van der Waals surface area contributed by atoms with Crippen LogP contribution >= 0.6 is 0 Å². The molecule has 7 heteroatoms. The number of H-pyrrole nitrogens is 1. The number of aromatic amines is 1. The van der Waals surface area contributed by atoms with Crippen molar-refractivity contribution in [1.82, 2.24) is 15.6 Å². The van der Waals surface area contributed by atoms with Gasteiger partial charge in [0.1, 0.15) is 5.82 Å². The van der Waals surface area contributed by atoms with Crippen LogP contribution in [0.4, 0.5) is 10.1 Å². The molecule has 1 aromatic carbocycles. The van der Waals surface area contributed by atoms with Crippen LogP contribution in [0.3, 0.4) is 0 Å². The standard InChI is InChI=1S/C23H27FN4O2/c1-12-16-6-4-14(11-26-22(29)13(2)25-3)8-21(16)27-20(12)10-18-17-9-15(24)5-7-19(17)28-23(18)30/h5,7,9-10,13-14,25,27H,4,6,8,11H2,1-3H3,(H,26,29)(H,28,30)/t13-,14-/m0/s1. The summed E-state index contributed by atoms with van der Waals surface area (Å²) in [6, 6.07) is 4.11. The second-order valence-corrected chi connectivity index (χ2v) is 8.19. The van der Waals surface area contributed by atoms with E-state index in [1.165, 1.54) is 17.7 Å². The van der Waals surface area contributed by atoms with E-state index in [-0.39, 0.29) is 23.7 Å². The molecule has 158 valence electrons. The van der Waals surface area contributed by atoms with Gasteiger partial charge in [-0.3, -0.25) is 9.59 Å². The van der Waals surface area contributed by atoms with Crippen molar-refractivity contribution in [1.29, 1.82) is 0 Å². The summed E-state index contributed by atoms with van der Waals surface area (Å²) in [5.41, 5.74) is 6.14. The Labute approximate surface area is 175 Å². The predicted molar refractivity (Wildman–Crippen MR) is 115 cm³/mol. The summed E-state index contributed by atoms with van der Waals surface area (Å²) >= 11 is 0. The minimum absolute atomic E-state index is 0.00882. The lowest BCUT2D eigenvalue weighted by Gasteiger charge is -2.23. The van der Waals surface area contributed by atoms with Crippen LogP contribution in [-0.4, -0.2) is 36.4 Å². The van der Waals surface area contributed by atoms with Crippen LogP contribution < -0.4 is 16.0 Å². The van der Waals surface area contributed by atoms with Crippen molar-refractivity contribution in [2.75, 3.05) is 18.9 Å². The smallest absolute Gasteiger partial charge is 0.256 e. The number of likely N-dealkylation sites (N-methyl/N-ethyl adjacent to an activating group) is 1. The van der Waals surface area contributed by atoms with Gasteiger partial charge in [0.2, 0.25) is 5.91 Å². The van der Waals surface area contributed by atoms with Gasteiger partial charge in [-0.2, -0.15) is 0 Å². The molecule has 4 N–H and O–H groups in total. The number of anilines is 1. The van der Waals surface area contributed by atoms with E-state index in [9.17, 15) is 14.0 Å². The third-order valence-electron chi connectivity index (χ3n) is 6.25. The number of hydrogen-bond acceptors (Lipinski definition) is 3. The van der Waals surface area contributed by atoms with Crippen LogP contribution in [0, 0.1) is 18.7 Å². The Kier molecular flexibility index (Phi) is 5.47. The Balaban J connectivity index is 1.53. The average molecular weight is 410 g/mol. The number of amides is 2. The lowest BCUT2D eigenvalue weighted by Crippen LogP contribution is -2.42. The van der Waals surface area contributed by atoms with Crippen LogP contribution in [0.25, 0.3) is 11.6 Å². The van der Waals surface area contributed by atoms with E-state index in [1.54, 1.807) is 13.1 Å². The van der Waals surface area contributed by atoms with Crippen LogP contribution in [-0.2, 0) is 22.4 Å². The number of nitrogens with one attached hydrogen (secondary N) is 4. The number of halogens is 1. The maximum atomic E-state index is 13.7. The molecule has 0 spiro atoms. The summed E-state index contributed by atoms with van der Waals surface area (Å²) in [6.07, 6.45) is 4.61. The van der Waals surface area contributed by atoms with Crippen molar-refractivity contribution in [2.24, 2.45) is 5.92 Å². The molecule has 2 heterocycles. The predicted octanol–water partition coefficient (Wildman–Crippen LogP) is 2.78. The first-order valence-electron chi connectivity index (χ1n) is 10.4. The van der Waals surface area contributed by atoms with Crippen LogP contribution in [0.5, 0.6) is 0 Å². The molecule has 4 rings (SSSR count). The van der Waals surface area contributed by atoms with Crippen LogP contribution in [0.15, 0.2) is 18.2 Å². The highest BCUT2D eigenvalue weighted by molar-refractivity contribution is 6.34. The van der Waals surface area contributed by atoms with Crippen LogP contribution in [0.2, 0.25) is 0 Å². The molecule has 1 aromatic heterocycles. The van der Waals surface area contributed by atoms with Crippen molar-refractivity contribution in [3.8, 4) is 0 Å². The average Bonchev–Trinajstić information content (AvgIpc) is 3.21. The van der Waals surface area contributed by atoms with Gasteiger partial charge in [-0.1, -0.05) is 0 Å². The number of fused-ring (bicyclic) bond motifs is 2. The van der Waals surface area contributed by atoms with Gasteiger partial charge in [0.15, 0.2) is 0 Å². The second kappa shape index (κ2) is 8.07. The van der Waals surface area contributed by atoms with Crippen LogP contribution in [0.1, 0.15) is 41.4 Å². The zero-order chi connectivity index (χ0) is 21.4. The first-order chi connectivity index (χ1) is 14.4. The highest BCUT2D eigenvalue weighted by Crippen LogP contribution is 2.36. The quantitative estimate of drug-likeness (QED) is 0.572. The first-order valence-corrected chi connectivity index (χ1v) is 10.4. The van der Waals surface area contributed by atoms with Crippen molar-refractivity contribution in [3.05, 3.63) is 52.1 Å². The van der Waals surface area contributed by atoms with E-state index in [0.29, 0.717) is 29.3 Å². The minimum atomic E-state index is -0.365. The Morgan fingerprint density at radius 2 is 2.20 bits per heavy atom. The topological polar surface area (TPSA) is 86.0 Å². The van der Waals surface area contributed by atoms with Gasteiger partial charge in [-0.05, 0) is 81.5 Å². The molecule has 1 aliphatic carbocycles. The maximum absolute atomic E-state index is 13.7. The molecule has 1 aliphatic heterocycles. The highest BCUT2D eigenvalue weighted by atomic mass is 19.1. The molecule has 2 aromatic rings. The molecule has 0 unspecified atom stereocenters. The summed E-state index contributed by atoms with van der Waals surface area (Å²) in [5, 5.41) is 8.76. The number of carbonyl (C=O) groups is 2. The molecule has 0 saturated carbocycles. The Bertz CT molecular complexity index is 1040. The fourth-order valence-corrected chi connectivity index (χ4v) is 4.27. The third kappa shape index (κ3) is 3.77. The van der Waals surface area contributed by atoms with Gasteiger partial charge >= 0.3 is 0 Å². The van der Waals surface area contributed by atoms with Gasteiger partial charge in [-0.15, -0.1) is 0 Å². The molecule has 2 amide bonds. The number of rotatable bonds is 5. The molecule has 0 fully saturated rings. The largest absolute Gasteiger partial charge is 0.358 e. The normalized spacial score (nSPS) is 19.9. The molecule has 0 bridgehead atoms. The van der Waals surface area contributed by atoms with E-state index < -0.39 is 0 Å². The number of hydrogen-bond donors (Lipinski definition) is 4. The molecule has 30 heavy (non-hydrogen) atoms. The zero-order valence-corrected chi connectivity index (χ0v) is 17.5. The summed E-state index contributed by atoms with van der Waals surface area (Å²) in [6.45, 7) is 4.54. The van der Waals surface area contributed by atoms with Crippen molar-refractivity contribution in [3.63, 3.8) is 0 Å². The van der Waals surface area contributed by atoms with Crippen molar-refractivity contribution in [2.45, 2.75) is 39.2 Å². The van der Waals surface area contributed by atoms with Crippen molar-refractivity contribution >= 4 is 29.2 Å². The number of aromatic nitrogens is 1. The highest BCUT2D eigenvalue weighted by Gasteiger charge is 2.27. The summed E-state index contributed by atoms with van der Waals surface area (Å²) in [5.74, 6) is -0.207. The number of carbonyl (C=O) groups excluding carboxylic acids is 2.